The second-order valence-corrected chi connectivity index (χ2v) is 5.80. The molecule has 0 rings (SSSR count). The molecule has 24 heavy (non-hydrogen) atoms. The molecule has 0 bridgehead atoms. The number of ether oxygens (including phenoxy) is 3. The van der Waals surface area contributed by atoms with E-state index in [0.717, 1.165) is 25.3 Å². The number of carboxylic acids is 1. The Bertz CT molecular complexity index is 292. The highest BCUT2D eigenvalue weighted by molar-refractivity contribution is 5.78. The van der Waals surface area contributed by atoms with Crippen molar-refractivity contribution in [1.82, 2.24) is 0 Å². The van der Waals surface area contributed by atoms with Crippen LogP contribution in [0.4, 0.5) is 0 Å². The Hall–Kier alpha value is -0.910. The van der Waals surface area contributed by atoms with Gasteiger partial charge in [-0.25, -0.2) is 4.79 Å². The summed E-state index contributed by atoms with van der Waals surface area (Å²) in [6.45, 7) is 7.41. The van der Waals surface area contributed by atoms with Gasteiger partial charge in [0.15, 0.2) is 0 Å². The number of aliphatic carboxylic acids is 1. The van der Waals surface area contributed by atoms with Crippen molar-refractivity contribution in [2.75, 3.05) is 21.3 Å². The minimum absolute atomic E-state index is 0.309. The van der Waals surface area contributed by atoms with Crippen LogP contribution in [0.15, 0.2) is 12.7 Å². The van der Waals surface area contributed by atoms with Crippen LogP contribution in [0.25, 0.3) is 0 Å². The predicted octanol–water partition coefficient (Wildman–Crippen LogP) is 5.00. The van der Waals surface area contributed by atoms with Gasteiger partial charge in [0, 0.05) is 33.3 Å². The molecule has 0 saturated heterocycles. The Morgan fingerprint density at radius 1 is 0.958 bits per heavy atom. The van der Waals surface area contributed by atoms with Gasteiger partial charge in [-0.2, -0.15) is 0 Å². The topological polar surface area (TPSA) is 65.0 Å². The lowest BCUT2D eigenvalue weighted by molar-refractivity contribution is -0.380. The first kappa shape index (κ1) is 25.3. The maximum absolute atomic E-state index is 9.25. The lowest BCUT2D eigenvalue weighted by atomic mass is 9.93. The van der Waals surface area contributed by atoms with Crippen LogP contribution in [0.1, 0.15) is 71.6 Å². The highest BCUT2D eigenvalue weighted by Crippen LogP contribution is 2.32. The molecular weight excluding hydrogens is 308 g/mol. The normalized spacial score (nSPS) is 12.2. The predicted molar refractivity (Wildman–Crippen MR) is 98.0 cm³/mol. The van der Waals surface area contributed by atoms with E-state index in [9.17, 15) is 4.79 Å². The molecule has 0 aromatic carbocycles. The number of unbranched alkanes of at least 4 members (excludes halogenated alkanes) is 5. The number of carbonyl (C=O) groups is 1. The third-order valence-electron chi connectivity index (χ3n) is 4.07. The van der Waals surface area contributed by atoms with Crippen molar-refractivity contribution in [3.63, 3.8) is 0 Å². The maximum atomic E-state index is 9.25. The lowest BCUT2D eigenvalue weighted by Crippen LogP contribution is -2.44. The van der Waals surface area contributed by atoms with E-state index in [4.69, 9.17) is 19.3 Å². The van der Waals surface area contributed by atoms with Gasteiger partial charge < -0.3 is 19.3 Å². The first-order chi connectivity index (χ1) is 11.5. The zero-order chi connectivity index (χ0) is 18.8. The Morgan fingerprint density at radius 3 is 1.79 bits per heavy atom. The van der Waals surface area contributed by atoms with E-state index in [-0.39, 0.29) is 0 Å². The van der Waals surface area contributed by atoms with Gasteiger partial charge >= 0.3 is 5.97 Å². The summed E-state index contributed by atoms with van der Waals surface area (Å²) in [6, 6.07) is 0. The first-order valence-electron chi connectivity index (χ1n) is 8.98. The summed E-state index contributed by atoms with van der Waals surface area (Å²) in [6.07, 6.45) is 12.0. The van der Waals surface area contributed by atoms with E-state index in [1.54, 1.807) is 21.3 Å². The van der Waals surface area contributed by atoms with E-state index in [2.05, 4.69) is 20.4 Å². The summed E-state index contributed by atoms with van der Waals surface area (Å²) in [7, 11) is 4.99. The smallest absolute Gasteiger partial charge is 0.327 e. The van der Waals surface area contributed by atoms with Crippen molar-refractivity contribution >= 4 is 5.97 Å². The fourth-order valence-electron chi connectivity index (χ4n) is 2.77. The number of rotatable bonds is 14. The molecule has 0 aliphatic rings. The number of methoxy groups -OCH3 is 3. The Kier molecular flexibility index (Phi) is 17.9. The Morgan fingerprint density at radius 2 is 1.42 bits per heavy atom. The van der Waals surface area contributed by atoms with Crippen molar-refractivity contribution in [2.24, 2.45) is 5.92 Å². The molecular formula is C19H38O5. The third-order valence-corrected chi connectivity index (χ3v) is 4.07. The third kappa shape index (κ3) is 11.6. The summed E-state index contributed by atoms with van der Waals surface area (Å²) in [5.74, 6) is -1.53. The standard InChI is InChI=1S/C16H34O3.C3H4O2/c1-6-8-9-10-11-12-14-15(13-7-2)16(17-3,18-4)19-5;1-2-3(4)5/h15H,6-14H2,1-5H3;2H,1H2,(H,4,5). The second kappa shape index (κ2) is 16.9. The minimum atomic E-state index is -0.981. The van der Waals surface area contributed by atoms with Crippen LogP contribution in [-0.4, -0.2) is 38.4 Å². The van der Waals surface area contributed by atoms with Gasteiger partial charge in [0.1, 0.15) is 0 Å². The molecule has 1 unspecified atom stereocenters. The highest BCUT2D eigenvalue weighted by Gasteiger charge is 2.38. The van der Waals surface area contributed by atoms with Crippen LogP contribution in [0.5, 0.6) is 0 Å². The fraction of sp³-hybridized carbons (Fsp3) is 0.842. The molecule has 0 aromatic heterocycles. The van der Waals surface area contributed by atoms with E-state index in [1.807, 2.05) is 0 Å². The molecule has 0 heterocycles. The van der Waals surface area contributed by atoms with E-state index < -0.39 is 11.9 Å². The summed E-state index contributed by atoms with van der Waals surface area (Å²) >= 11 is 0. The van der Waals surface area contributed by atoms with Gasteiger partial charge in [-0.05, 0) is 12.8 Å². The molecule has 0 aliphatic heterocycles. The molecule has 0 aromatic rings. The van der Waals surface area contributed by atoms with Gasteiger partial charge in [-0.15, -0.1) is 0 Å². The summed E-state index contributed by atoms with van der Waals surface area (Å²) in [4.78, 5) is 9.25. The average molecular weight is 347 g/mol. The van der Waals surface area contributed by atoms with Crippen LogP contribution in [-0.2, 0) is 19.0 Å². The zero-order valence-electron chi connectivity index (χ0n) is 16.3. The van der Waals surface area contributed by atoms with Crippen molar-refractivity contribution in [1.29, 1.82) is 0 Å². The molecule has 0 radical (unpaired) electrons. The van der Waals surface area contributed by atoms with Crippen LogP contribution < -0.4 is 0 Å². The van der Waals surface area contributed by atoms with Crippen molar-refractivity contribution < 1.29 is 24.1 Å². The molecule has 0 spiro atoms. The number of hydrogen-bond acceptors (Lipinski definition) is 4. The van der Waals surface area contributed by atoms with Gasteiger partial charge in [-0.3, -0.25) is 0 Å². The first-order valence-corrected chi connectivity index (χ1v) is 8.98. The maximum Gasteiger partial charge on any atom is 0.327 e. The van der Waals surface area contributed by atoms with E-state index in [1.165, 1.54) is 38.5 Å². The van der Waals surface area contributed by atoms with Crippen molar-refractivity contribution in [2.45, 2.75) is 77.6 Å². The average Bonchev–Trinajstić information content (AvgIpc) is 2.60. The van der Waals surface area contributed by atoms with Crippen LogP contribution >= 0.6 is 0 Å². The molecule has 1 N–H and O–H groups in total. The molecule has 0 aliphatic carbocycles. The largest absolute Gasteiger partial charge is 0.478 e. The molecule has 144 valence electrons. The van der Waals surface area contributed by atoms with Gasteiger partial charge in [0.2, 0.25) is 0 Å². The molecule has 0 amide bonds. The quantitative estimate of drug-likeness (QED) is 0.272. The molecule has 0 saturated carbocycles. The number of carboxylic acid groups (broad SMARTS) is 1. The van der Waals surface area contributed by atoms with Gasteiger partial charge in [0.25, 0.3) is 5.97 Å². The Balaban J connectivity index is 0. The number of hydrogen-bond donors (Lipinski definition) is 1. The summed E-state index contributed by atoms with van der Waals surface area (Å²) < 4.78 is 16.5. The molecule has 5 nitrogen and oxygen atoms in total. The minimum Gasteiger partial charge on any atom is -0.478 e. The summed E-state index contributed by atoms with van der Waals surface area (Å²) in [5.41, 5.74) is 0. The second-order valence-electron chi connectivity index (χ2n) is 5.80. The zero-order valence-corrected chi connectivity index (χ0v) is 16.3. The van der Waals surface area contributed by atoms with E-state index in [0.29, 0.717) is 5.92 Å². The summed E-state index contributed by atoms with van der Waals surface area (Å²) in [5, 5.41) is 7.60. The van der Waals surface area contributed by atoms with Crippen molar-refractivity contribution in [3.05, 3.63) is 12.7 Å². The SMILES string of the molecule is C=CC(=O)O.CCCCCCCCC(CCC)C(OC)(OC)OC. The molecule has 1 atom stereocenters. The molecule has 5 heteroatoms. The molecule has 0 fully saturated rings. The van der Waals surface area contributed by atoms with E-state index >= 15 is 0 Å². The van der Waals surface area contributed by atoms with Gasteiger partial charge in [-0.1, -0.05) is 65.4 Å². The monoisotopic (exact) mass is 346 g/mol. The van der Waals surface area contributed by atoms with Crippen LogP contribution in [0.2, 0.25) is 0 Å². The van der Waals surface area contributed by atoms with Crippen molar-refractivity contribution in [3.8, 4) is 0 Å². The fourth-order valence-corrected chi connectivity index (χ4v) is 2.77. The van der Waals surface area contributed by atoms with Crippen LogP contribution in [0.3, 0.4) is 0 Å². The van der Waals surface area contributed by atoms with Gasteiger partial charge in [0.05, 0.1) is 0 Å². The van der Waals surface area contributed by atoms with Crippen LogP contribution in [0, 0.1) is 5.92 Å². The highest BCUT2D eigenvalue weighted by atomic mass is 16.9. The lowest BCUT2D eigenvalue weighted by Gasteiger charge is -2.36. The Labute approximate surface area is 148 Å².